The van der Waals surface area contributed by atoms with E-state index in [1.54, 1.807) is 0 Å². The average Bonchev–Trinajstić information content (AvgIpc) is 3.80. The molecule has 0 radical (unpaired) electrons. The summed E-state index contributed by atoms with van der Waals surface area (Å²) < 4.78 is 0. The van der Waals surface area contributed by atoms with Crippen molar-refractivity contribution in [2.75, 3.05) is 0 Å². The normalized spacial score (nSPS) is 14.1. The fourth-order valence-corrected chi connectivity index (χ4v) is 13.8. The Hall–Kier alpha value is -8.58. The quantitative estimate of drug-likeness (QED) is 0.154. The van der Waals surface area contributed by atoms with Crippen LogP contribution in [0.15, 0.2) is 231 Å². The summed E-state index contributed by atoms with van der Waals surface area (Å²) in [6, 6.07) is 86.9. The van der Waals surface area contributed by atoms with Gasteiger partial charge in [0.1, 0.15) is 0 Å². The Morgan fingerprint density at radius 2 is 0.514 bits per heavy atom. The Labute approximate surface area is 420 Å². The molecule has 2 aliphatic carbocycles. The van der Waals surface area contributed by atoms with E-state index in [1.165, 1.54) is 154 Å². The van der Waals surface area contributed by atoms with Crippen LogP contribution in [0.3, 0.4) is 0 Å². The molecule has 15 rings (SSSR count). The molecular formula is C72H50. The van der Waals surface area contributed by atoms with E-state index in [1.807, 2.05) is 0 Å². The van der Waals surface area contributed by atoms with Crippen LogP contribution < -0.4 is 0 Å². The molecule has 0 fully saturated rings. The van der Waals surface area contributed by atoms with Crippen LogP contribution in [0.1, 0.15) is 49.9 Å². The summed E-state index contributed by atoms with van der Waals surface area (Å²) in [7, 11) is 0. The lowest BCUT2D eigenvalue weighted by Crippen LogP contribution is -2.24. The third-order valence-electron chi connectivity index (χ3n) is 16.9. The number of hydrogen-bond donors (Lipinski definition) is 0. The van der Waals surface area contributed by atoms with Crippen LogP contribution in [0.4, 0.5) is 0 Å². The molecule has 0 heteroatoms. The summed E-state index contributed by atoms with van der Waals surface area (Å²) in [6.07, 6.45) is 0. The lowest BCUT2D eigenvalue weighted by Gasteiger charge is -2.31. The molecular weight excluding hydrogens is 865 g/mol. The highest BCUT2D eigenvalue weighted by Crippen LogP contribution is 2.63. The zero-order chi connectivity index (χ0) is 48.0. The summed E-state index contributed by atoms with van der Waals surface area (Å²) in [6.45, 7) is 9.97. The van der Waals surface area contributed by atoms with Crippen LogP contribution in [0.5, 0.6) is 0 Å². The molecule has 0 aliphatic heterocycles. The van der Waals surface area contributed by atoms with Gasteiger partial charge in [0.05, 0.1) is 0 Å². The Bertz CT molecular complexity index is 4370. The number of benzene rings is 13. The highest BCUT2D eigenvalue weighted by atomic mass is 14.5. The fourth-order valence-electron chi connectivity index (χ4n) is 13.8. The fraction of sp³-hybridized carbons (Fsp3) is 0.0833. The van der Waals surface area contributed by atoms with Gasteiger partial charge in [-0.15, -0.1) is 0 Å². The minimum Gasteiger partial charge on any atom is -0.0622 e. The maximum Gasteiger partial charge on any atom is 0.0162 e. The van der Waals surface area contributed by atoms with Gasteiger partial charge in [-0.1, -0.05) is 240 Å². The van der Waals surface area contributed by atoms with Gasteiger partial charge in [0.25, 0.3) is 0 Å². The minimum atomic E-state index is -0.284. The minimum absolute atomic E-state index is 0.280. The van der Waals surface area contributed by atoms with Crippen molar-refractivity contribution < 1.29 is 0 Å². The first-order valence-electron chi connectivity index (χ1n) is 25.6. The second-order valence-electron chi connectivity index (χ2n) is 21.4. The second-order valence-corrected chi connectivity index (χ2v) is 21.4. The first-order valence-corrected chi connectivity index (χ1v) is 25.6. The van der Waals surface area contributed by atoms with Gasteiger partial charge in [-0.25, -0.2) is 0 Å². The Balaban J connectivity index is 0.927. The molecule has 0 unspecified atom stereocenters. The van der Waals surface area contributed by atoms with E-state index in [9.17, 15) is 0 Å². The zero-order valence-electron chi connectivity index (χ0n) is 40.9. The van der Waals surface area contributed by atoms with Crippen molar-refractivity contribution >= 4 is 64.6 Å². The smallest absolute Gasteiger partial charge is 0.0162 e. The molecule has 2 aliphatic rings. The van der Waals surface area contributed by atoms with E-state index in [0.29, 0.717) is 0 Å². The topological polar surface area (TPSA) is 0 Å². The molecule has 0 bridgehead atoms. The van der Waals surface area contributed by atoms with E-state index < -0.39 is 0 Å². The van der Waals surface area contributed by atoms with E-state index >= 15 is 0 Å². The molecule has 72 heavy (non-hydrogen) atoms. The van der Waals surface area contributed by atoms with E-state index in [0.717, 1.165) is 0 Å². The SMILES string of the molecule is CC1(C)c2cc(-c3c4ccccc4c(-c4ccccc4)c4ccccc34)ccc2-c2c1c1c(c3ccccc23)-c2ccc(-c3c4ccccc4c(-c4ccc5ccccc5c4)c4ccccc34)cc2C1(C)C. The van der Waals surface area contributed by atoms with Crippen molar-refractivity contribution in [3.8, 4) is 66.8 Å². The van der Waals surface area contributed by atoms with Crippen molar-refractivity contribution in [1.82, 2.24) is 0 Å². The van der Waals surface area contributed by atoms with Crippen LogP contribution in [0.25, 0.3) is 131 Å². The lowest BCUT2D eigenvalue weighted by molar-refractivity contribution is 0.602. The first-order chi connectivity index (χ1) is 35.3. The van der Waals surface area contributed by atoms with Crippen molar-refractivity contribution in [2.24, 2.45) is 0 Å². The van der Waals surface area contributed by atoms with Gasteiger partial charge in [-0.3, -0.25) is 0 Å². The molecule has 13 aromatic rings. The first kappa shape index (κ1) is 41.2. The van der Waals surface area contributed by atoms with Gasteiger partial charge in [0, 0.05) is 10.8 Å². The molecule has 0 atom stereocenters. The van der Waals surface area contributed by atoms with Crippen molar-refractivity contribution in [2.45, 2.75) is 38.5 Å². The molecule has 338 valence electrons. The predicted molar refractivity (Wildman–Crippen MR) is 308 cm³/mol. The van der Waals surface area contributed by atoms with E-state index in [4.69, 9.17) is 0 Å². The van der Waals surface area contributed by atoms with Gasteiger partial charge in [0.2, 0.25) is 0 Å². The standard InChI is InChI=1S/C72H50/c1-71(2)61-41-47(65-51-26-12-10-24-49(51)63(44-21-6-5-7-22-44)50-25-11-13-27-52(50)65)36-38-59(61)67-57-32-18-19-33-58(57)68-60-39-37-48(42-62(60)72(3,4)70(68)69(67)71)66-55-30-16-14-28-53(55)64(54-29-15-17-31-56(54)66)46-35-34-43-20-8-9-23-45(43)40-46/h5-42H,1-4H3. The monoisotopic (exact) mass is 914 g/mol. The molecule has 0 saturated heterocycles. The summed E-state index contributed by atoms with van der Waals surface area (Å²) in [4.78, 5) is 0. The van der Waals surface area contributed by atoms with E-state index in [2.05, 4.69) is 258 Å². The average molecular weight is 915 g/mol. The van der Waals surface area contributed by atoms with Crippen molar-refractivity contribution in [3.63, 3.8) is 0 Å². The highest BCUT2D eigenvalue weighted by Gasteiger charge is 2.47. The third kappa shape index (κ3) is 5.58. The number of rotatable bonds is 4. The molecule has 0 aromatic heterocycles. The van der Waals surface area contributed by atoms with Crippen LogP contribution >= 0.6 is 0 Å². The van der Waals surface area contributed by atoms with Gasteiger partial charge in [-0.2, -0.15) is 0 Å². The van der Waals surface area contributed by atoms with E-state index in [-0.39, 0.29) is 10.8 Å². The molecule has 0 heterocycles. The van der Waals surface area contributed by atoms with Crippen LogP contribution in [0, 0.1) is 0 Å². The van der Waals surface area contributed by atoms with Gasteiger partial charge in [0.15, 0.2) is 0 Å². The molecule has 0 N–H and O–H groups in total. The summed E-state index contributed by atoms with van der Waals surface area (Å²) >= 11 is 0. The molecule has 0 spiro atoms. The Kier molecular flexibility index (Phi) is 8.57. The van der Waals surface area contributed by atoms with Gasteiger partial charge < -0.3 is 0 Å². The van der Waals surface area contributed by atoms with Crippen LogP contribution in [-0.2, 0) is 10.8 Å². The summed E-state index contributed by atoms with van der Waals surface area (Å²) in [5.74, 6) is 0. The maximum absolute atomic E-state index is 2.56. The van der Waals surface area contributed by atoms with Gasteiger partial charge in [-0.05, 0) is 172 Å². The third-order valence-corrected chi connectivity index (χ3v) is 16.9. The van der Waals surface area contributed by atoms with Crippen molar-refractivity contribution in [3.05, 3.63) is 253 Å². The number of fused-ring (bicyclic) bond motifs is 15. The Morgan fingerprint density at radius 1 is 0.222 bits per heavy atom. The Morgan fingerprint density at radius 3 is 0.903 bits per heavy atom. The van der Waals surface area contributed by atoms with Crippen molar-refractivity contribution in [1.29, 1.82) is 0 Å². The molecule has 0 nitrogen and oxygen atoms in total. The van der Waals surface area contributed by atoms with Crippen LogP contribution in [-0.4, -0.2) is 0 Å². The molecule has 0 amide bonds. The maximum atomic E-state index is 2.56. The summed E-state index contributed by atoms with van der Waals surface area (Å²) in [5.41, 5.74) is 20.9. The van der Waals surface area contributed by atoms with Crippen LogP contribution in [0.2, 0.25) is 0 Å². The molecule has 0 saturated carbocycles. The number of hydrogen-bond acceptors (Lipinski definition) is 0. The highest BCUT2D eigenvalue weighted by molar-refractivity contribution is 6.24. The predicted octanol–water partition coefficient (Wildman–Crippen LogP) is 19.9. The largest absolute Gasteiger partial charge is 0.0622 e. The summed E-state index contributed by atoms with van der Waals surface area (Å²) in [5, 5.41) is 15.4. The lowest BCUT2D eigenvalue weighted by atomic mass is 9.71. The zero-order valence-corrected chi connectivity index (χ0v) is 40.9. The second kappa shape index (κ2) is 15.0. The van der Waals surface area contributed by atoms with Gasteiger partial charge >= 0.3 is 0 Å². The molecule has 13 aromatic carbocycles.